The summed E-state index contributed by atoms with van der Waals surface area (Å²) in [6, 6.07) is 10.6. The fourth-order valence-electron chi connectivity index (χ4n) is 2.22. The van der Waals surface area contributed by atoms with Crippen LogP contribution in [0, 0.1) is 5.92 Å². The number of likely N-dealkylation sites (tertiary alicyclic amines) is 1. The summed E-state index contributed by atoms with van der Waals surface area (Å²) in [6.45, 7) is 3.05. The molecule has 0 amide bonds. The second-order valence-electron chi connectivity index (χ2n) is 4.36. The van der Waals surface area contributed by atoms with Gasteiger partial charge in [0.15, 0.2) is 0 Å². The SMILES string of the molecule is FCCCN1CC(Cc2ccccc2)C1. The first-order valence-corrected chi connectivity index (χ1v) is 5.70. The largest absolute Gasteiger partial charge is 0.303 e. The van der Waals surface area contributed by atoms with Crippen molar-refractivity contribution in [1.82, 2.24) is 4.90 Å². The third-order valence-electron chi connectivity index (χ3n) is 3.01. The molecule has 1 aliphatic heterocycles. The van der Waals surface area contributed by atoms with Gasteiger partial charge >= 0.3 is 0 Å². The van der Waals surface area contributed by atoms with E-state index < -0.39 is 0 Å². The van der Waals surface area contributed by atoms with E-state index in [1.54, 1.807) is 0 Å². The van der Waals surface area contributed by atoms with Crippen LogP contribution in [0.25, 0.3) is 0 Å². The molecule has 0 aliphatic carbocycles. The van der Waals surface area contributed by atoms with Crippen LogP contribution in [0.1, 0.15) is 12.0 Å². The van der Waals surface area contributed by atoms with Crippen molar-refractivity contribution in [2.45, 2.75) is 12.8 Å². The van der Waals surface area contributed by atoms with E-state index in [2.05, 4.69) is 35.2 Å². The van der Waals surface area contributed by atoms with Gasteiger partial charge < -0.3 is 4.90 Å². The Bertz CT molecular complexity index is 280. The third-order valence-corrected chi connectivity index (χ3v) is 3.01. The predicted molar refractivity (Wildman–Crippen MR) is 60.7 cm³/mol. The van der Waals surface area contributed by atoms with Gasteiger partial charge in [-0.1, -0.05) is 30.3 Å². The van der Waals surface area contributed by atoms with E-state index in [9.17, 15) is 4.39 Å². The van der Waals surface area contributed by atoms with Gasteiger partial charge in [-0.2, -0.15) is 0 Å². The second-order valence-corrected chi connectivity index (χ2v) is 4.36. The van der Waals surface area contributed by atoms with Gasteiger partial charge in [-0.3, -0.25) is 4.39 Å². The van der Waals surface area contributed by atoms with Crippen LogP contribution in [-0.4, -0.2) is 31.2 Å². The van der Waals surface area contributed by atoms with Crippen molar-refractivity contribution in [3.63, 3.8) is 0 Å². The molecule has 1 nitrogen and oxygen atoms in total. The lowest BCUT2D eigenvalue weighted by Crippen LogP contribution is -2.47. The number of rotatable bonds is 5. The van der Waals surface area contributed by atoms with Crippen molar-refractivity contribution in [3.05, 3.63) is 35.9 Å². The molecule has 1 aliphatic rings. The summed E-state index contributed by atoms with van der Waals surface area (Å²) in [4.78, 5) is 2.34. The summed E-state index contributed by atoms with van der Waals surface area (Å²) >= 11 is 0. The first-order valence-electron chi connectivity index (χ1n) is 5.70. The van der Waals surface area contributed by atoms with Crippen molar-refractivity contribution >= 4 is 0 Å². The van der Waals surface area contributed by atoms with Crippen molar-refractivity contribution in [2.75, 3.05) is 26.3 Å². The zero-order chi connectivity index (χ0) is 10.5. The van der Waals surface area contributed by atoms with Crippen LogP contribution in [0.5, 0.6) is 0 Å². The van der Waals surface area contributed by atoms with Gasteiger partial charge in [-0.25, -0.2) is 0 Å². The Morgan fingerprint density at radius 1 is 1.20 bits per heavy atom. The third kappa shape index (κ3) is 3.03. The average molecular weight is 207 g/mol. The van der Waals surface area contributed by atoms with E-state index in [0.29, 0.717) is 6.42 Å². The van der Waals surface area contributed by atoms with Crippen LogP contribution in [-0.2, 0) is 6.42 Å². The minimum absolute atomic E-state index is 0.181. The normalized spacial score (nSPS) is 17.7. The lowest BCUT2D eigenvalue weighted by atomic mass is 9.92. The molecule has 0 aromatic heterocycles. The number of benzene rings is 1. The van der Waals surface area contributed by atoms with Crippen LogP contribution < -0.4 is 0 Å². The van der Waals surface area contributed by atoms with Crippen molar-refractivity contribution < 1.29 is 4.39 Å². The van der Waals surface area contributed by atoms with Gasteiger partial charge in [0.25, 0.3) is 0 Å². The Hall–Kier alpha value is -0.890. The Morgan fingerprint density at radius 2 is 1.93 bits per heavy atom. The standard InChI is InChI=1S/C13H18FN/c14-7-4-8-15-10-13(11-15)9-12-5-2-1-3-6-12/h1-3,5-6,13H,4,7-11H2. The maximum Gasteiger partial charge on any atom is 0.0906 e. The van der Waals surface area contributed by atoms with Crippen molar-refractivity contribution in [3.8, 4) is 0 Å². The molecule has 2 heteroatoms. The van der Waals surface area contributed by atoms with Crippen LogP contribution in [0.2, 0.25) is 0 Å². The molecule has 1 aromatic carbocycles. The van der Waals surface area contributed by atoms with E-state index in [1.165, 1.54) is 12.0 Å². The summed E-state index contributed by atoms with van der Waals surface area (Å²) in [6.07, 6.45) is 1.87. The number of hydrogen-bond donors (Lipinski definition) is 0. The molecule has 0 N–H and O–H groups in total. The molecule has 0 saturated carbocycles. The van der Waals surface area contributed by atoms with Crippen LogP contribution in [0.4, 0.5) is 4.39 Å². The second kappa shape index (κ2) is 5.26. The molecule has 1 aromatic rings. The highest BCUT2D eigenvalue weighted by molar-refractivity contribution is 5.15. The first-order chi connectivity index (χ1) is 7.38. The Balaban J connectivity index is 1.68. The lowest BCUT2D eigenvalue weighted by Gasteiger charge is -2.39. The van der Waals surface area contributed by atoms with Gasteiger partial charge in [0.05, 0.1) is 6.67 Å². The fraction of sp³-hybridized carbons (Fsp3) is 0.538. The maximum atomic E-state index is 11.9. The summed E-state index contributed by atoms with van der Waals surface area (Å²) in [5.74, 6) is 0.784. The average Bonchev–Trinajstić information content (AvgIpc) is 2.23. The highest BCUT2D eigenvalue weighted by Crippen LogP contribution is 2.20. The molecule has 2 rings (SSSR count). The molecule has 1 heterocycles. The van der Waals surface area contributed by atoms with E-state index in [-0.39, 0.29) is 6.67 Å². The lowest BCUT2D eigenvalue weighted by molar-refractivity contribution is 0.0968. The molecule has 0 bridgehead atoms. The highest BCUT2D eigenvalue weighted by Gasteiger charge is 2.25. The van der Waals surface area contributed by atoms with E-state index in [0.717, 1.165) is 25.6 Å². The molecule has 0 spiro atoms. The minimum Gasteiger partial charge on any atom is -0.303 e. The monoisotopic (exact) mass is 207 g/mol. The molecular weight excluding hydrogens is 189 g/mol. The van der Waals surface area contributed by atoms with Crippen LogP contribution in [0.3, 0.4) is 0 Å². The Labute approximate surface area is 90.9 Å². The number of nitrogens with zero attached hydrogens (tertiary/aromatic N) is 1. The molecule has 82 valence electrons. The molecule has 0 radical (unpaired) electrons. The predicted octanol–water partition coefficient (Wildman–Crippen LogP) is 2.52. The molecule has 15 heavy (non-hydrogen) atoms. The van der Waals surface area contributed by atoms with Crippen molar-refractivity contribution in [1.29, 1.82) is 0 Å². The molecule has 1 fully saturated rings. The molecule has 0 atom stereocenters. The zero-order valence-corrected chi connectivity index (χ0v) is 9.03. The Morgan fingerprint density at radius 3 is 2.60 bits per heavy atom. The van der Waals surface area contributed by atoms with Crippen LogP contribution in [0.15, 0.2) is 30.3 Å². The molecule has 1 saturated heterocycles. The summed E-state index contributed by atoms with van der Waals surface area (Å²) in [5.41, 5.74) is 1.42. The molecular formula is C13H18FN. The Kier molecular flexibility index (Phi) is 3.73. The first kappa shape index (κ1) is 10.6. The fourth-order valence-corrected chi connectivity index (χ4v) is 2.22. The number of alkyl halides is 1. The van der Waals surface area contributed by atoms with Crippen LogP contribution >= 0.6 is 0 Å². The smallest absolute Gasteiger partial charge is 0.0906 e. The summed E-state index contributed by atoms with van der Waals surface area (Å²) < 4.78 is 11.9. The topological polar surface area (TPSA) is 3.24 Å². The van der Waals surface area contributed by atoms with Crippen molar-refractivity contribution in [2.24, 2.45) is 5.92 Å². The van der Waals surface area contributed by atoms with Gasteiger partial charge in [-0.05, 0) is 24.3 Å². The zero-order valence-electron chi connectivity index (χ0n) is 9.03. The van der Waals surface area contributed by atoms with Gasteiger partial charge in [-0.15, -0.1) is 0 Å². The number of halogens is 1. The quantitative estimate of drug-likeness (QED) is 0.717. The van der Waals surface area contributed by atoms with Gasteiger partial charge in [0, 0.05) is 19.6 Å². The summed E-state index contributed by atoms with van der Waals surface area (Å²) in [5, 5.41) is 0. The number of hydrogen-bond acceptors (Lipinski definition) is 1. The highest BCUT2D eigenvalue weighted by atomic mass is 19.1. The maximum absolute atomic E-state index is 11.9. The van der Waals surface area contributed by atoms with E-state index in [1.807, 2.05) is 0 Å². The summed E-state index contributed by atoms with van der Waals surface area (Å²) in [7, 11) is 0. The van der Waals surface area contributed by atoms with Gasteiger partial charge in [0.2, 0.25) is 0 Å². The minimum atomic E-state index is -0.181. The van der Waals surface area contributed by atoms with E-state index >= 15 is 0 Å². The van der Waals surface area contributed by atoms with E-state index in [4.69, 9.17) is 0 Å². The van der Waals surface area contributed by atoms with Gasteiger partial charge in [0.1, 0.15) is 0 Å². The molecule has 0 unspecified atom stereocenters.